The van der Waals surface area contributed by atoms with Crippen LogP contribution in [-0.4, -0.2) is 13.0 Å². The van der Waals surface area contributed by atoms with E-state index in [1.165, 1.54) is 0 Å². The molecule has 0 saturated carbocycles. The summed E-state index contributed by atoms with van der Waals surface area (Å²) in [6, 6.07) is 0. The summed E-state index contributed by atoms with van der Waals surface area (Å²) >= 11 is 0. The molecular weight excluding hydrogens is 195 g/mol. The maximum absolute atomic E-state index is 6.04. The van der Waals surface area contributed by atoms with Gasteiger partial charge in [-0.05, 0) is 0 Å². The van der Waals surface area contributed by atoms with E-state index in [1.54, 1.807) is 0 Å². The quantitative estimate of drug-likeness (QED) is 0.688. The van der Waals surface area contributed by atoms with Gasteiger partial charge in [0.1, 0.15) is 0 Å². The molecule has 0 amide bonds. The third-order valence-electron chi connectivity index (χ3n) is 2.82. The minimum atomic E-state index is -0.0742. The molecule has 1 aliphatic rings. The molecule has 2 nitrogen and oxygen atoms in total. The summed E-state index contributed by atoms with van der Waals surface area (Å²) in [5.41, 5.74) is 15.0. The van der Waals surface area contributed by atoms with Crippen LogP contribution in [-0.2, 0) is 0 Å². The first kappa shape index (κ1) is 12.8. The summed E-state index contributed by atoms with van der Waals surface area (Å²) in [4.78, 5) is 0. The monoisotopic (exact) mass is 215 g/mol. The Morgan fingerprint density at radius 2 is 2.00 bits per heavy atom. The number of hydrogen-bond donors (Lipinski definition) is 2. The second kappa shape index (κ2) is 4.32. The summed E-state index contributed by atoms with van der Waals surface area (Å²) in [6.07, 6.45) is 5.76. The molecule has 0 spiro atoms. The summed E-state index contributed by atoms with van der Waals surface area (Å²) < 4.78 is 0. The fourth-order valence-electron chi connectivity index (χ4n) is 1.59. The molecule has 1 rings (SSSR count). The zero-order chi connectivity index (χ0) is 12.5. The molecule has 0 heterocycles. The van der Waals surface area contributed by atoms with Crippen molar-refractivity contribution < 1.29 is 0 Å². The molecule has 1 unspecified atom stereocenters. The van der Waals surface area contributed by atoms with Crippen molar-refractivity contribution in [3.8, 4) is 0 Å². The van der Waals surface area contributed by atoms with Crippen molar-refractivity contribution in [1.82, 2.24) is 0 Å². The van der Waals surface area contributed by atoms with Crippen LogP contribution in [0.2, 0.25) is 0 Å². The van der Waals surface area contributed by atoms with E-state index >= 15 is 0 Å². The van der Waals surface area contributed by atoms with Crippen molar-refractivity contribution in [3.63, 3.8) is 0 Å². The molecular formula is C13H20BN2. The van der Waals surface area contributed by atoms with Crippen LogP contribution in [0.1, 0.15) is 27.7 Å². The van der Waals surface area contributed by atoms with E-state index in [0.29, 0.717) is 5.70 Å². The molecule has 0 aromatic rings. The van der Waals surface area contributed by atoms with Gasteiger partial charge in [0, 0.05) is 0 Å². The molecule has 1 aliphatic carbocycles. The summed E-state index contributed by atoms with van der Waals surface area (Å²) in [6.45, 7) is 8.24. The molecule has 0 aromatic carbocycles. The van der Waals surface area contributed by atoms with Gasteiger partial charge >= 0.3 is 98.6 Å². The number of nitrogens with two attached hydrogens (primary N) is 2. The van der Waals surface area contributed by atoms with Gasteiger partial charge in [-0.15, -0.1) is 0 Å². The van der Waals surface area contributed by atoms with E-state index in [9.17, 15) is 0 Å². The number of allylic oxidation sites excluding steroid dienone is 4. The molecule has 0 bridgehead atoms. The van der Waals surface area contributed by atoms with Gasteiger partial charge in [-0.25, -0.2) is 0 Å². The Balaban J connectivity index is 2.96. The average Bonchev–Trinajstić information content (AvgIpc) is 2.44. The Morgan fingerprint density at radius 1 is 1.44 bits per heavy atom. The Kier molecular flexibility index (Phi) is 3.46. The summed E-state index contributed by atoms with van der Waals surface area (Å²) in [7, 11) is 5.99. The third kappa shape index (κ3) is 2.66. The zero-order valence-electron chi connectivity index (χ0n) is 10.5. The van der Waals surface area contributed by atoms with E-state index in [2.05, 4.69) is 27.7 Å². The first-order valence-electron chi connectivity index (χ1n) is 5.51. The van der Waals surface area contributed by atoms with Crippen LogP contribution in [0.3, 0.4) is 0 Å². The Hall–Kier alpha value is -1.25. The van der Waals surface area contributed by atoms with Crippen LogP contribution in [0, 0.1) is 11.3 Å². The van der Waals surface area contributed by atoms with Crippen molar-refractivity contribution in [2.24, 2.45) is 22.8 Å². The Morgan fingerprint density at radius 3 is 2.38 bits per heavy atom. The van der Waals surface area contributed by atoms with Crippen molar-refractivity contribution in [2.75, 3.05) is 0 Å². The summed E-state index contributed by atoms with van der Waals surface area (Å²) in [5, 5.41) is 0. The molecule has 16 heavy (non-hydrogen) atoms. The molecule has 0 saturated heterocycles. The molecule has 85 valence electrons. The minimum absolute atomic E-state index is 0.0742. The fourth-order valence-corrected chi connectivity index (χ4v) is 1.59. The summed E-state index contributed by atoms with van der Waals surface area (Å²) in [5.74, 6) is 0.268. The van der Waals surface area contributed by atoms with Crippen LogP contribution >= 0.6 is 0 Å². The Labute approximate surface area is 99.2 Å². The Bertz CT molecular complexity index is 395. The SMILES string of the molecule is [B]=C(/C=C(/N)C1=C(N)C=CC1C)C(C)(C)C. The van der Waals surface area contributed by atoms with Gasteiger partial charge in [-0.2, -0.15) is 0 Å². The van der Waals surface area contributed by atoms with E-state index in [-0.39, 0.29) is 11.3 Å². The van der Waals surface area contributed by atoms with Gasteiger partial charge in [-0.1, -0.05) is 0 Å². The van der Waals surface area contributed by atoms with Crippen LogP contribution in [0.4, 0.5) is 0 Å². The van der Waals surface area contributed by atoms with E-state index in [1.807, 2.05) is 18.2 Å². The number of hydrogen-bond acceptors (Lipinski definition) is 2. The molecule has 0 aromatic heterocycles. The normalized spacial score (nSPS) is 21.7. The first-order chi connectivity index (χ1) is 7.23. The third-order valence-corrected chi connectivity index (χ3v) is 2.82. The molecule has 1 radical (unpaired) electrons. The zero-order valence-corrected chi connectivity index (χ0v) is 10.5. The van der Waals surface area contributed by atoms with Gasteiger partial charge in [0.05, 0.1) is 0 Å². The second-order valence-electron chi connectivity index (χ2n) is 5.32. The van der Waals surface area contributed by atoms with Gasteiger partial charge < -0.3 is 0 Å². The molecule has 1 atom stereocenters. The van der Waals surface area contributed by atoms with Crippen molar-refractivity contribution in [1.29, 1.82) is 0 Å². The van der Waals surface area contributed by atoms with Gasteiger partial charge in [0.15, 0.2) is 0 Å². The van der Waals surface area contributed by atoms with Crippen molar-refractivity contribution in [3.05, 3.63) is 35.2 Å². The standard InChI is InChI=1S/C13H20BN2/c1-8-5-6-9(15)12(8)10(16)7-11(14)13(2,3)4/h5-8H,15-16H2,1-4H3/b10-7+. The molecule has 0 aliphatic heterocycles. The van der Waals surface area contributed by atoms with Crippen LogP contribution in [0.5, 0.6) is 0 Å². The van der Waals surface area contributed by atoms with Gasteiger partial charge in [0.25, 0.3) is 0 Å². The van der Waals surface area contributed by atoms with Gasteiger partial charge in [0.2, 0.25) is 0 Å². The van der Waals surface area contributed by atoms with Crippen LogP contribution in [0.15, 0.2) is 35.2 Å². The fraction of sp³-hybridized carbons (Fsp3) is 0.462. The van der Waals surface area contributed by atoms with E-state index in [0.717, 1.165) is 16.7 Å². The average molecular weight is 215 g/mol. The van der Waals surface area contributed by atoms with Crippen molar-refractivity contribution >= 4 is 13.0 Å². The van der Waals surface area contributed by atoms with Gasteiger partial charge in [-0.3, -0.25) is 0 Å². The van der Waals surface area contributed by atoms with E-state index in [4.69, 9.17) is 19.0 Å². The van der Waals surface area contributed by atoms with Crippen LogP contribution in [0.25, 0.3) is 0 Å². The van der Waals surface area contributed by atoms with E-state index < -0.39 is 0 Å². The molecule has 4 N–H and O–H groups in total. The predicted octanol–water partition coefficient (Wildman–Crippen LogP) is 1.63. The molecule has 3 heteroatoms. The van der Waals surface area contributed by atoms with Crippen molar-refractivity contribution in [2.45, 2.75) is 27.7 Å². The topological polar surface area (TPSA) is 52.0 Å². The second-order valence-corrected chi connectivity index (χ2v) is 5.32. The first-order valence-corrected chi connectivity index (χ1v) is 5.51. The number of rotatable bonds is 2. The van der Waals surface area contributed by atoms with Crippen LogP contribution < -0.4 is 11.5 Å². The predicted molar refractivity (Wildman–Crippen MR) is 72.0 cm³/mol. The maximum atomic E-state index is 6.04. The molecule has 0 fully saturated rings.